The molecule has 0 aromatic carbocycles. The van der Waals surface area contributed by atoms with Crippen LogP contribution >= 0.6 is 0 Å². The number of aliphatic hydroxyl groups excluding tert-OH is 1. The van der Waals surface area contributed by atoms with Crippen molar-refractivity contribution < 1.29 is 44.0 Å². The summed E-state index contributed by atoms with van der Waals surface area (Å²) in [5.74, 6) is -1.68. The van der Waals surface area contributed by atoms with Gasteiger partial charge in [-0.05, 0) is 28.4 Å². The van der Waals surface area contributed by atoms with Crippen LogP contribution in [0.5, 0.6) is 0 Å². The summed E-state index contributed by atoms with van der Waals surface area (Å²) in [6.07, 6.45) is 6.39. The topological polar surface area (TPSA) is 183 Å². The van der Waals surface area contributed by atoms with Crippen LogP contribution in [0.15, 0.2) is 79.9 Å². The van der Waals surface area contributed by atoms with E-state index in [9.17, 15) is 44.0 Å². The molecule has 4 rings (SSSR count). The Morgan fingerprint density at radius 3 is 1.93 bits per heavy atom. The van der Waals surface area contributed by atoms with Gasteiger partial charge in [0.1, 0.15) is 15.9 Å². The van der Waals surface area contributed by atoms with Gasteiger partial charge in [-0.25, -0.2) is 0 Å². The van der Waals surface area contributed by atoms with Gasteiger partial charge in [0.25, 0.3) is 30.4 Å². The van der Waals surface area contributed by atoms with Crippen molar-refractivity contribution >= 4 is 30.4 Å². The van der Waals surface area contributed by atoms with Gasteiger partial charge >= 0.3 is 0 Å². The predicted molar refractivity (Wildman–Crippen MR) is 100 cm³/mol. The fraction of sp³-hybridized carbons (Fsp3) is 0.125. The molecule has 2 atom stereocenters. The lowest BCUT2D eigenvalue weighted by Crippen LogP contribution is -2.34. The van der Waals surface area contributed by atoms with E-state index >= 15 is 0 Å². The van der Waals surface area contributed by atoms with E-state index in [4.69, 9.17) is 0 Å². The van der Waals surface area contributed by atoms with Gasteiger partial charge in [0.2, 0.25) is 0 Å². The van der Waals surface area contributed by atoms with Crippen LogP contribution in [-0.2, 0) is 30.4 Å². The molecule has 0 fully saturated rings. The fourth-order valence-corrected chi connectivity index (χ4v) is 6.33. The minimum absolute atomic E-state index is 0.0291. The van der Waals surface area contributed by atoms with Crippen molar-refractivity contribution in [2.45, 2.75) is 5.25 Å². The minimum atomic E-state index is -4.93. The summed E-state index contributed by atoms with van der Waals surface area (Å²) in [5, 5.41) is 8.41. The van der Waals surface area contributed by atoms with E-state index in [0.717, 1.165) is 6.08 Å². The Balaban J connectivity index is 2.12. The lowest BCUT2D eigenvalue weighted by Gasteiger charge is -2.39. The summed E-state index contributed by atoms with van der Waals surface area (Å²) in [5.41, 5.74) is -0.124. The monoisotopic (exact) mass is 460 g/mol. The zero-order chi connectivity index (χ0) is 21.5. The van der Waals surface area contributed by atoms with Crippen LogP contribution in [0.2, 0.25) is 0 Å². The molecule has 10 nitrogen and oxygen atoms in total. The van der Waals surface area contributed by atoms with Crippen molar-refractivity contribution in [3.63, 3.8) is 0 Å². The molecule has 0 amide bonds. The number of hydrogen-bond acceptors (Lipinski definition) is 7. The van der Waals surface area contributed by atoms with Crippen LogP contribution in [0.25, 0.3) is 0 Å². The van der Waals surface area contributed by atoms with Crippen molar-refractivity contribution in [1.82, 2.24) is 0 Å². The maximum Gasteiger partial charge on any atom is 0.294 e. The highest BCUT2D eigenvalue weighted by Crippen LogP contribution is 2.52. The lowest BCUT2D eigenvalue weighted by atomic mass is 9.68. The van der Waals surface area contributed by atoms with Crippen molar-refractivity contribution in [2.24, 2.45) is 5.92 Å². The van der Waals surface area contributed by atoms with E-state index in [2.05, 4.69) is 0 Å². The first-order valence-electron chi connectivity index (χ1n) is 7.84. The molecule has 154 valence electrons. The normalized spacial score (nSPS) is 26.4. The molecule has 0 saturated heterocycles. The second kappa shape index (κ2) is 5.87. The Labute approximate surface area is 165 Å². The van der Waals surface area contributed by atoms with Gasteiger partial charge in [-0.1, -0.05) is 24.3 Å². The molecule has 0 saturated carbocycles. The fourth-order valence-electron chi connectivity index (χ4n) is 3.90. The number of aliphatic hydroxyl groups is 1. The molecule has 0 aromatic rings. The van der Waals surface area contributed by atoms with Crippen LogP contribution in [0.4, 0.5) is 0 Å². The Morgan fingerprint density at radius 2 is 1.38 bits per heavy atom. The standard InChI is InChI=1S/C16H12O10S3/c17-11-5-12(27(18,19)20)8-3-4-10-14(29(24,25)26)6-13(28(21,22)23)9-2-1-7(11)15(8)16(9)10/h1-6,14-15,17H,(H,18,19,20)(H,21,22,23)(H,24,25,26). The van der Waals surface area contributed by atoms with Gasteiger partial charge in [-0.2, -0.15) is 25.3 Å². The molecular formula is C16H12O10S3. The molecule has 4 aliphatic carbocycles. The molecule has 0 radical (unpaired) electrons. The van der Waals surface area contributed by atoms with Crippen molar-refractivity contribution in [2.75, 3.05) is 0 Å². The average Bonchev–Trinajstić information content (AvgIpc) is 2.57. The molecule has 0 spiro atoms. The maximum atomic E-state index is 11.9. The second-order valence-corrected chi connectivity index (χ2v) is 10.9. The van der Waals surface area contributed by atoms with Gasteiger partial charge in [0.15, 0.2) is 0 Å². The van der Waals surface area contributed by atoms with Crippen LogP contribution in [-0.4, -0.2) is 49.3 Å². The van der Waals surface area contributed by atoms with Gasteiger partial charge in [-0.15, -0.1) is 0 Å². The smallest absolute Gasteiger partial charge is 0.294 e. The number of allylic oxidation sites excluding steroid dienone is 9. The molecule has 4 N–H and O–H groups in total. The third-order valence-corrected chi connectivity index (χ3v) is 7.84. The molecule has 29 heavy (non-hydrogen) atoms. The molecule has 0 aromatic heterocycles. The van der Waals surface area contributed by atoms with Crippen LogP contribution in [0, 0.1) is 5.92 Å². The van der Waals surface area contributed by atoms with E-state index in [1.807, 2.05) is 0 Å². The molecular weight excluding hydrogens is 448 g/mol. The Morgan fingerprint density at radius 1 is 0.793 bits per heavy atom. The van der Waals surface area contributed by atoms with Gasteiger partial charge < -0.3 is 5.11 Å². The largest absolute Gasteiger partial charge is 0.508 e. The zero-order valence-corrected chi connectivity index (χ0v) is 16.5. The van der Waals surface area contributed by atoms with Crippen molar-refractivity contribution in [3.05, 3.63) is 79.9 Å². The summed E-state index contributed by atoms with van der Waals surface area (Å²) < 4.78 is 99.8. The molecule has 0 aliphatic heterocycles. The van der Waals surface area contributed by atoms with Crippen LogP contribution in [0.3, 0.4) is 0 Å². The van der Waals surface area contributed by atoms with Gasteiger partial charge in [0.05, 0.1) is 4.91 Å². The summed E-state index contributed by atoms with van der Waals surface area (Å²) in [7, 11) is -14.6. The Bertz CT molecular complexity index is 1410. The van der Waals surface area contributed by atoms with E-state index in [1.165, 1.54) is 24.3 Å². The first kappa shape index (κ1) is 20.0. The minimum Gasteiger partial charge on any atom is -0.508 e. The van der Waals surface area contributed by atoms with E-state index in [0.29, 0.717) is 6.08 Å². The summed E-state index contributed by atoms with van der Waals surface area (Å²) >= 11 is 0. The second-order valence-electron chi connectivity index (χ2n) is 6.60. The zero-order valence-electron chi connectivity index (χ0n) is 14.1. The Hall–Kier alpha value is -2.29. The summed E-state index contributed by atoms with van der Waals surface area (Å²) in [4.78, 5) is -1.43. The van der Waals surface area contributed by atoms with Crippen molar-refractivity contribution in [3.8, 4) is 0 Å². The first-order chi connectivity index (χ1) is 13.2. The predicted octanol–water partition coefficient (Wildman–Crippen LogP) is 0.975. The third-order valence-electron chi connectivity index (χ3n) is 4.98. The molecule has 2 unspecified atom stereocenters. The molecule has 4 aliphatic rings. The Kier molecular flexibility index (Phi) is 4.05. The summed E-state index contributed by atoms with van der Waals surface area (Å²) in [6.45, 7) is 0. The maximum absolute atomic E-state index is 11.9. The number of rotatable bonds is 3. The van der Waals surface area contributed by atoms with Crippen LogP contribution in [0.1, 0.15) is 0 Å². The highest BCUT2D eigenvalue weighted by atomic mass is 32.2. The third kappa shape index (κ3) is 2.97. The van der Waals surface area contributed by atoms with Gasteiger partial charge in [-0.3, -0.25) is 13.7 Å². The number of hydrogen-bond donors (Lipinski definition) is 4. The lowest BCUT2D eigenvalue weighted by molar-refractivity contribution is 0.417. The molecule has 0 heterocycles. The van der Waals surface area contributed by atoms with E-state index in [1.54, 1.807) is 0 Å². The molecule has 0 bridgehead atoms. The van der Waals surface area contributed by atoms with Crippen molar-refractivity contribution in [1.29, 1.82) is 0 Å². The van der Waals surface area contributed by atoms with Crippen LogP contribution < -0.4 is 0 Å². The highest BCUT2D eigenvalue weighted by Gasteiger charge is 2.46. The van der Waals surface area contributed by atoms with E-state index in [-0.39, 0.29) is 27.9 Å². The van der Waals surface area contributed by atoms with Gasteiger partial charge in [0, 0.05) is 17.6 Å². The average molecular weight is 460 g/mol. The summed E-state index contributed by atoms with van der Waals surface area (Å²) in [6, 6.07) is 0. The first-order valence-corrected chi connectivity index (χ1v) is 12.2. The quantitative estimate of drug-likeness (QED) is 0.443. The molecule has 13 heteroatoms. The highest BCUT2D eigenvalue weighted by molar-refractivity contribution is 7.90. The van der Waals surface area contributed by atoms with E-state index < -0.39 is 57.1 Å². The SMILES string of the molecule is O=S(=O)(O)C1=CC(O)=C2C=CC3=C4C(=CC=C1C24)C(S(=O)(=O)O)C=C3S(=O)(=O)O.